The summed E-state index contributed by atoms with van der Waals surface area (Å²) in [4.78, 5) is 27.2. The molecule has 1 heterocycles. The third-order valence-corrected chi connectivity index (χ3v) is 6.51. The van der Waals surface area contributed by atoms with E-state index in [1.807, 2.05) is 68.4 Å². The minimum atomic E-state index is -0.875. The first-order valence-corrected chi connectivity index (χ1v) is 11.6. The molecule has 0 spiro atoms. The lowest BCUT2D eigenvalue weighted by Gasteiger charge is -2.37. The number of ether oxygens (including phenoxy) is 1. The zero-order valence-electron chi connectivity index (χ0n) is 19.5. The highest BCUT2D eigenvalue weighted by Gasteiger charge is 2.49. The zero-order chi connectivity index (χ0) is 23.5. The molecule has 0 aromatic heterocycles. The number of rotatable bonds is 7. The fourth-order valence-electron chi connectivity index (χ4n) is 4.87. The predicted octanol–water partition coefficient (Wildman–Crippen LogP) is 5.56. The predicted molar refractivity (Wildman–Crippen MR) is 129 cm³/mol. The van der Waals surface area contributed by atoms with Crippen LogP contribution in [0.3, 0.4) is 0 Å². The van der Waals surface area contributed by atoms with E-state index < -0.39 is 11.0 Å². The standard InChI is InChI=1S/C29H31NO3/c1-4-26(31)30-25(20-28(2,3)27(30)32)21-33-29(22-14-8-5-9-15-22,23-16-10-6-11-17-23)24-18-12-7-13-19-24/h5-19,25H,4,20-21H2,1-3H3/t25-/m0/s1. The number of imide groups is 1. The Labute approximate surface area is 196 Å². The Hall–Kier alpha value is -3.24. The van der Waals surface area contributed by atoms with Crippen molar-refractivity contribution in [3.05, 3.63) is 108 Å². The number of benzene rings is 3. The van der Waals surface area contributed by atoms with Gasteiger partial charge in [-0.3, -0.25) is 14.5 Å². The van der Waals surface area contributed by atoms with Gasteiger partial charge >= 0.3 is 0 Å². The third-order valence-electron chi connectivity index (χ3n) is 6.51. The van der Waals surface area contributed by atoms with Crippen LogP contribution in [-0.4, -0.2) is 29.4 Å². The Morgan fingerprint density at radius 2 is 1.30 bits per heavy atom. The van der Waals surface area contributed by atoms with Gasteiger partial charge in [0.2, 0.25) is 11.8 Å². The highest BCUT2D eigenvalue weighted by molar-refractivity contribution is 5.99. The Kier molecular flexibility index (Phi) is 6.48. The first-order chi connectivity index (χ1) is 15.9. The number of amides is 2. The van der Waals surface area contributed by atoms with Gasteiger partial charge in [0.15, 0.2) is 0 Å². The normalized spacial score (nSPS) is 17.8. The largest absolute Gasteiger partial charge is 0.359 e. The van der Waals surface area contributed by atoms with Crippen molar-refractivity contribution in [1.29, 1.82) is 0 Å². The van der Waals surface area contributed by atoms with Crippen molar-refractivity contribution in [2.75, 3.05) is 6.61 Å². The van der Waals surface area contributed by atoms with Crippen molar-refractivity contribution < 1.29 is 14.3 Å². The summed E-state index contributed by atoms with van der Waals surface area (Å²) in [6.07, 6.45) is 0.867. The van der Waals surface area contributed by atoms with Crippen LogP contribution in [0.1, 0.15) is 50.3 Å². The van der Waals surface area contributed by atoms with E-state index in [-0.39, 0.29) is 24.5 Å². The highest BCUT2D eigenvalue weighted by Crippen LogP contribution is 2.42. The molecule has 33 heavy (non-hydrogen) atoms. The van der Waals surface area contributed by atoms with Crippen LogP contribution in [-0.2, 0) is 19.9 Å². The fraction of sp³-hybridized carbons (Fsp3) is 0.310. The molecule has 0 aliphatic carbocycles. The molecule has 0 saturated carbocycles. The van der Waals surface area contributed by atoms with Crippen molar-refractivity contribution in [3.63, 3.8) is 0 Å². The van der Waals surface area contributed by atoms with Gasteiger partial charge < -0.3 is 4.74 Å². The van der Waals surface area contributed by atoms with E-state index in [0.717, 1.165) is 16.7 Å². The van der Waals surface area contributed by atoms with Crippen molar-refractivity contribution >= 4 is 11.8 Å². The van der Waals surface area contributed by atoms with Gasteiger partial charge in [0.1, 0.15) is 5.60 Å². The molecule has 4 heteroatoms. The van der Waals surface area contributed by atoms with E-state index in [9.17, 15) is 9.59 Å². The molecule has 4 nitrogen and oxygen atoms in total. The lowest BCUT2D eigenvalue weighted by molar-refractivity contribution is -0.148. The molecule has 2 amide bonds. The second-order valence-corrected chi connectivity index (χ2v) is 9.25. The Morgan fingerprint density at radius 3 is 1.70 bits per heavy atom. The van der Waals surface area contributed by atoms with Gasteiger partial charge in [-0.1, -0.05) is 112 Å². The van der Waals surface area contributed by atoms with Gasteiger partial charge in [-0.2, -0.15) is 0 Å². The molecule has 1 fully saturated rings. The second kappa shape index (κ2) is 9.32. The lowest BCUT2D eigenvalue weighted by Crippen LogP contribution is -2.44. The molecule has 1 aliphatic rings. The molecule has 170 valence electrons. The van der Waals surface area contributed by atoms with Crippen LogP contribution in [0.15, 0.2) is 91.0 Å². The summed E-state index contributed by atoms with van der Waals surface area (Å²) in [5.74, 6) is -0.267. The number of carbonyl (C=O) groups excluding carboxylic acids is 2. The number of hydrogen-bond donors (Lipinski definition) is 0. The van der Waals surface area contributed by atoms with Crippen LogP contribution in [0.2, 0.25) is 0 Å². The van der Waals surface area contributed by atoms with Gasteiger partial charge in [-0.15, -0.1) is 0 Å². The Balaban J connectivity index is 1.81. The van der Waals surface area contributed by atoms with Crippen molar-refractivity contribution in [2.24, 2.45) is 5.41 Å². The van der Waals surface area contributed by atoms with E-state index in [4.69, 9.17) is 4.74 Å². The summed E-state index contributed by atoms with van der Waals surface area (Å²) in [7, 11) is 0. The average molecular weight is 442 g/mol. The maximum Gasteiger partial charge on any atom is 0.235 e. The molecular weight excluding hydrogens is 410 g/mol. The minimum Gasteiger partial charge on any atom is -0.359 e. The van der Waals surface area contributed by atoms with Gasteiger partial charge in [0.05, 0.1) is 12.6 Å². The molecular formula is C29H31NO3. The SMILES string of the molecule is CCC(=O)N1C(=O)C(C)(C)C[C@H]1COC(c1ccccc1)(c1ccccc1)c1ccccc1. The van der Waals surface area contributed by atoms with Crippen molar-refractivity contribution in [2.45, 2.75) is 45.3 Å². The maximum atomic E-state index is 13.0. The maximum absolute atomic E-state index is 13.0. The van der Waals surface area contributed by atoms with E-state index in [2.05, 4.69) is 36.4 Å². The minimum absolute atomic E-state index is 0.118. The number of carbonyl (C=O) groups is 2. The quantitative estimate of drug-likeness (QED) is 0.451. The first-order valence-electron chi connectivity index (χ1n) is 11.6. The van der Waals surface area contributed by atoms with Crippen molar-refractivity contribution in [3.8, 4) is 0 Å². The molecule has 0 radical (unpaired) electrons. The summed E-state index contributed by atoms with van der Waals surface area (Å²) < 4.78 is 6.89. The van der Waals surface area contributed by atoms with Gasteiger partial charge in [-0.25, -0.2) is 0 Å². The first kappa shape index (κ1) is 22.9. The van der Waals surface area contributed by atoms with Gasteiger partial charge in [-0.05, 0) is 23.1 Å². The molecule has 0 N–H and O–H groups in total. The van der Waals surface area contributed by atoms with E-state index in [1.54, 1.807) is 6.92 Å². The molecule has 4 rings (SSSR count). The highest BCUT2D eigenvalue weighted by atomic mass is 16.5. The van der Waals surface area contributed by atoms with E-state index in [1.165, 1.54) is 4.90 Å². The molecule has 1 atom stereocenters. The number of likely N-dealkylation sites (tertiary alicyclic amines) is 1. The summed E-state index contributed by atoms with van der Waals surface area (Å²) in [6.45, 7) is 5.86. The number of nitrogens with zero attached hydrogens (tertiary/aromatic N) is 1. The fourth-order valence-corrected chi connectivity index (χ4v) is 4.87. The third kappa shape index (κ3) is 4.23. The Morgan fingerprint density at radius 1 is 0.879 bits per heavy atom. The topological polar surface area (TPSA) is 46.6 Å². The molecule has 3 aromatic rings. The average Bonchev–Trinajstić information content (AvgIpc) is 3.09. The molecule has 3 aromatic carbocycles. The summed E-state index contributed by atoms with van der Waals surface area (Å²) in [5, 5.41) is 0. The van der Waals surface area contributed by atoms with E-state index >= 15 is 0 Å². The molecule has 0 bridgehead atoms. The van der Waals surface area contributed by atoms with Crippen LogP contribution in [0, 0.1) is 5.41 Å². The van der Waals surface area contributed by atoms with Crippen LogP contribution >= 0.6 is 0 Å². The number of hydrogen-bond acceptors (Lipinski definition) is 3. The summed E-state index contributed by atoms with van der Waals surface area (Å²) in [6, 6.07) is 30.1. The molecule has 1 aliphatic heterocycles. The summed E-state index contributed by atoms with van der Waals surface area (Å²) >= 11 is 0. The van der Waals surface area contributed by atoms with Gasteiger partial charge in [0, 0.05) is 11.8 Å². The summed E-state index contributed by atoms with van der Waals surface area (Å²) in [5.41, 5.74) is 1.53. The van der Waals surface area contributed by atoms with E-state index in [0.29, 0.717) is 12.8 Å². The smallest absolute Gasteiger partial charge is 0.235 e. The molecule has 1 saturated heterocycles. The molecule has 0 unspecified atom stereocenters. The van der Waals surface area contributed by atoms with Gasteiger partial charge in [0.25, 0.3) is 0 Å². The van der Waals surface area contributed by atoms with Crippen LogP contribution in [0.25, 0.3) is 0 Å². The Bertz CT molecular complexity index is 997. The lowest BCUT2D eigenvalue weighted by atomic mass is 9.80. The van der Waals surface area contributed by atoms with Crippen LogP contribution in [0.5, 0.6) is 0 Å². The van der Waals surface area contributed by atoms with Crippen LogP contribution in [0.4, 0.5) is 0 Å². The van der Waals surface area contributed by atoms with Crippen molar-refractivity contribution in [1.82, 2.24) is 4.90 Å². The zero-order valence-corrected chi connectivity index (χ0v) is 19.5. The monoisotopic (exact) mass is 441 g/mol. The second-order valence-electron chi connectivity index (χ2n) is 9.25. The van der Waals surface area contributed by atoms with Crippen LogP contribution < -0.4 is 0 Å².